The standard InChI is InChI=1S/C24H19FN2O2S/c1-16-10-12-20(13-11-16)30-22-21(26-19-9-5-8-18(25)14-19)23(28)27(24(22)29)15-17-6-3-2-4-7-17/h2-14,26H,15H2,1H3. The van der Waals surface area contributed by atoms with Crippen LogP contribution >= 0.6 is 11.8 Å². The first kappa shape index (κ1) is 19.9. The third-order valence-electron chi connectivity index (χ3n) is 4.64. The van der Waals surface area contributed by atoms with Crippen molar-refractivity contribution in [1.29, 1.82) is 0 Å². The maximum absolute atomic E-state index is 13.6. The van der Waals surface area contributed by atoms with Crippen LogP contribution in [0.4, 0.5) is 10.1 Å². The van der Waals surface area contributed by atoms with Gasteiger partial charge in [-0.05, 0) is 42.8 Å². The number of halogens is 1. The van der Waals surface area contributed by atoms with Gasteiger partial charge in [0.1, 0.15) is 16.4 Å². The summed E-state index contributed by atoms with van der Waals surface area (Å²) in [4.78, 5) is 28.7. The monoisotopic (exact) mass is 418 g/mol. The van der Waals surface area contributed by atoms with Crippen LogP contribution in [0.25, 0.3) is 0 Å². The maximum Gasteiger partial charge on any atom is 0.278 e. The quantitative estimate of drug-likeness (QED) is 0.565. The highest BCUT2D eigenvalue weighted by molar-refractivity contribution is 8.04. The minimum Gasteiger partial charge on any atom is -0.350 e. The molecule has 30 heavy (non-hydrogen) atoms. The van der Waals surface area contributed by atoms with E-state index >= 15 is 0 Å². The molecule has 6 heteroatoms. The molecule has 3 aromatic carbocycles. The number of thioether (sulfide) groups is 1. The number of amides is 2. The fraction of sp³-hybridized carbons (Fsp3) is 0.0833. The summed E-state index contributed by atoms with van der Waals surface area (Å²) in [5.74, 6) is -1.22. The van der Waals surface area contributed by atoms with Gasteiger partial charge in [-0.2, -0.15) is 0 Å². The summed E-state index contributed by atoms with van der Waals surface area (Å²) >= 11 is 1.23. The van der Waals surface area contributed by atoms with Crippen molar-refractivity contribution in [2.24, 2.45) is 0 Å². The van der Waals surface area contributed by atoms with E-state index < -0.39 is 11.7 Å². The normalized spacial score (nSPS) is 13.9. The summed E-state index contributed by atoms with van der Waals surface area (Å²) in [5.41, 5.74) is 2.53. The molecule has 0 atom stereocenters. The number of hydrogen-bond donors (Lipinski definition) is 1. The highest BCUT2D eigenvalue weighted by Gasteiger charge is 2.39. The van der Waals surface area contributed by atoms with Gasteiger partial charge >= 0.3 is 0 Å². The zero-order chi connectivity index (χ0) is 21.1. The highest BCUT2D eigenvalue weighted by atomic mass is 32.2. The number of carbonyl (C=O) groups is 2. The largest absolute Gasteiger partial charge is 0.350 e. The van der Waals surface area contributed by atoms with E-state index in [-0.39, 0.29) is 18.1 Å². The van der Waals surface area contributed by atoms with Gasteiger partial charge in [0.25, 0.3) is 11.8 Å². The van der Waals surface area contributed by atoms with Crippen molar-refractivity contribution in [3.63, 3.8) is 0 Å². The fourth-order valence-electron chi connectivity index (χ4n) is 3.10. The molecule has 0 spiro atoms. The summed E-state index contributed by atoms with van der Waals surface area (Å²) in [6, 6.07) is 22.9. The van der Waals surface area contributed by atoms with Gasteiger partial charge < -0.3 is 5.32 Å². The second kappa shape index (κ2) is 8.55. The molecule has 1 N–H and O–H groups in total. The van der Waals surface area contributed by atoms with E-state index in [0.717, 1.165) is 16.0 Å². The summed E-state index contributed by atoms with van der Waals surface area (Å²) < 4.78 is 13.6. The molecule has 1 aliphatic rings. The average molecular weight is 418 g/mol. The molecule has 0 saturated heterocycles. The molecule has 0 saturated carbocycles. The van der Waals surface area contributed by atoms with Crippen LogP contribution in [0.2, 0.25) is 0 Å². The molecule has 2 amide bonds. The number of rotatable bonds is 6. The minimum absolute atomic E-state index is 0.159. The Morgan fingerprint density at radius 3 is 2.33 bits per heavy atom. The maximum atomic E-state index is 13.6. The molecule has 3 aromatic rings. The van der Waals surface area contributed by atoms with E-state index in [0.29, 0.717) is 10.6 Å². The van der Waals surface area contributed by atoms with E-state index in [1.54, 1.807) is 12.1 Å². The SMILES string of the molecule is Cc1ccc(SC2=C(Nc3cccc(F)c3)C(=O)N(Cc3ccccc3)C2=O)cc1. The Hall–Kier alpha value is -3.38. The zero-order valence-corrected chi connectivity index (χ0v) is 17.1. The van der Waals surface area contributed by atoms with Crippen molar-refractivity contribution < 1.29 is 14.0 Å². The molecule has 0 radical (unpaired) electrons. The van der Waals surface area contributed by atoms with Crippen LogP contribution in [0.3, 0.4) is 0 Å². The van der Waals surface area contributed by atoms with E-state index in [2.05, 4.69) is 5.32 Å². The Bertz CT molecular complexity index is 1130. The van der Waals surface area contributed by atoms with Gasteiger partial charge in [0.15, 0.2) is 0 Å². The predicted octanol–water partition coefficient (Wildman–Crippen LogP) is 5.12. The lowest BCUT2D eigenvalue weighted by molar-refractivity contribution is -0.137. The van der Waals surface area contributed by atoms with Crippen LogP contribution in [0.1, 0.15) is 11.1 Å². The Morgan fingerprint density at radius 1 is 0.900 bits per heavy atom. The summed E-state index contributed by atoms with van der Waals surface area (Å²) in [6.45, 7) is 2.15. The van der Waals surface area contributed by atoms with Crippen LogP contribution in [0, 0.1) is 12.7 Å². The molecular weight excluding hydrogens is 399 g/mol. The van der Waals surface area contributed by atoms with Crippen molar-refractivity contribution in [2.75, 3.05) is 5.32 Å². The Morgan fingerprint density at radius 2 is 1.63 bits per heavy atom. The third kappa shape index (κ3) is 4.28. The molecule has 4 nitrogen and oxygen atoms in total. The van der Waals surface area contributed by atoms with E-state index in [9.17, 15) is 14.0 Å². The Balaban J connectivity index is 1.68. The Kier molecular flexibility index (Phi) is 5.68. The molecular formula is C24H19FN2O2S. The number of anilines is 1. The van der Waals surface area contributed by atoms with Gasteiger partial charge in [-0.1, -0.05) is 65.9 Å². The molecule has 0 fully saturated rings. The predicted molar refractivity (Wildman–Crippen MR) is 116 cm³/mol. The van der Waals surface area contributed by atoms with Gasteiger partial charge in [-0.15, -0.1) is 0 Å². The van der Waals surface area contributed by atoms with Gasteiger partial charge in [0.2, 0.25) is 0 Å². The smallest absolute Gasteiger partial charge is 0.278 e. The van der Waals surface area contributed by atoms with Crippen LogP contribution < -0.4 is 5.32 Å². The first-order valence-corrected chi connectivity index (χ1v) is 10.2. The Labute approximate surface area is 178 Å². The minimum atomic E-state index is -0.428. The summed E-state index contributed by atoms with van der Waals surface area (Å²) in [6.07, 6.45) is 0. The zero-order valence-electron chi connectivity index (χ0n) is 16.3. The van der Waals surface area contributed by atoms with Crippen LogP contribution in [-0.2, 0) is 16.1 Å². The van der Waals surface area contributed by atoms with Crippen LogP contribution in [0.5, 0.6) is 0 Å². The van der Waals surface area contributed by atoms with Crippen LogP contribution in [-0.4, -0.2) is 16.7 Å². The number of aryl methyl sites for hydroxylation is 1. The lowest BCUT2D eigenvalue weighted by Crippen LogP contribution is -2.31. The topological polar surface area (TPSA) is 49.4 Å². The van der Waals surface area contributed by atoms with Crippen molar-refractivity contribution >= 4 is 29.3 Å². The number of imide groups is 1. The lowest BCUT2D eigenvalue weighted by atomic mass is 10.2. The number of benzene rings is 3. The van der Waals surface area contributed by atoms with Gasteiger partial charge in [-0.3, -0.25) is 14.5 Å². The number of nitrogens with one attached hydrogen (secondary N) is 1. The fourth-order valence-corrected chi connectivity index (χ4v) is 4.05. The summed E-state index contributed by atoms with van der Waals surface area (Å²) in [7, 11) is 0. The van der Waals surface area contributed by atoms with Crippen molar-refractivity contribution in [3.8, 4) is 0 Å². The molecule has 150 valence electrons. The third-order valence-corrected chi connectivity index (χ3v) is 5.73. The van der Waals surface area contributed by atoms with E-state index in [1.165, 1.54) is 28.8 Å². The number of carbonyl (C=O) groups excluding carboxylic acids is 2. The first-order valence-electron chi connectivity index (χ1n) is 9.43. The van der Waals surface area contributed by atoms with Crippen molar-refractivity contribution in [2.45, 2.75) is 18.4 Å². The second-order valence-electron chi connectivity index (χ2n) is 6.94. The van der Waals surface area contributed by atoms with E-state index in [1.807, 2.05) is 61.5 Å². The van der Waals surface area contributed by atoms with Crippen molar-refractivity contribution in [1.82, 2.24) is 4.90 Å². The van der Waals surface area contributed by atoms with Gasteiger partial charge in [0.05, 0.1) is 6.54 Å². The van der Waals surface area contributed by atoms with Crippen LogP contribution in [0.15, 0.2) is 94.4 Å². The molecule has 1 aliphatic heterocycles. The molecule has 1 heterocycles. The van der Waals surface area contributed by atoms with E-state index in [4.69, 9.17) is 0 Å². The highest BCUT2D eigenvalue weighted by Crippen LogP contribution is 2.36. The molecule has 0 unspecified atom stereocenters. The van der Waals surface area contributed by atoms with Crippen molar-refractivity contribution in [3.05, 3.63) is 106 Å². The molecule has 0 bridgehead atoms. The lowest BCUT2D eigenvalue weighted by Gasteiger charge is -2.15. The molecule has 0 aliphatic carbocycles. The second-order valence-corrected chi connectivity index (χ2v) is 8.02. The molecule has 0 aromatic heterocycles. The molecule has 4 rings (SSSR count). The summed E-state index contributed by atoms with van der Waals surface area (Å²) in [5, 5.41) is 2.97. The van der Waals surface area contributed by atoms with Gasteiger partial charge in [-0.25, -0.2) is 4.39 Å². The van der Waals surface area contributed by atoms with Gasteiger partial charge in [0, 0.05) is 10.6 Å². The average Bonchev–Trinajstić information content (AvgIpc) is 2.95. The number of hydrogen-bond acceptors (Lipinski definition) is 4. The first-order chi connectivity index (χ1) is 14.5. The number of nitrogens with zero attached hydrogens (tertiary/aromatic N) is 1.